The Labute approximate surface area is 240 Å². The summed E-state index contributed by atoms with van der Waals surface area (Å²) in [5.41, 5.74) is 1.84. The number of amides is 3. The summed E-state index contributed by atoms with van der Waals surface area (Å²) in [5.74, 6) is -2.87. The molecule has 3 amide bonds. The Morgan fingerprint density at radius 1 is 0.951 bits per heavy atom. The van der Waals surface area contributed by atoms with Crippen molar-refractivity contribution in [2.24, 2.45) is 11.8 Å². The fourth-order valence-electron chi connectivity index (χ4n) is 5.73. The molecular weight excluding hydrogens is 522 g/mol. The Hall–Kier alpha value is -3.98. The van der Waals surface area contributed by atoms with Gasteiger partial charge in [0.2, 0.25) is 11.8 Å². The van der Waals surface area contributed by atoms with Crippen LogP contribution in [0.1, 0.15) is 57.1 Å². The molecular formula is C32H39N3O6. The van der Waals surface area contributed by atoms with E-state index in [4.69, 9.17) is 0 Å². The molecule has 0 radical (unpaired) electrons. The van der Waals surface area contributed by atoms with Crippen molar-refractivity contribution in [2.75, 3.05) is 6.54 Å². The third-order valence-electron chi connectivity index (χ3n) is 7.86. The van der Waals surface area contributed by atoms with Gasteiger partial charge in [-0.05, 0) is 36.3 Å². The van der Waals surface area contributed by atoms with E-state index in [9.17, 15) is 29.4 Å². The van der Waals surface area contributed by atoms with E-state index in [1.54, 1.807) is 35.4 Å². The van der Waals surface area contributed by atoms with Crippen molar-refractivity contribution >= 4 is 29.4 Å². The Morgan fingerprint density at radius 2 is 1.56 bits per heavy atom. The van der Waals surface area contributed by atoms with Gasteiger partial charge in [0.25, 0.3) is 5.91 Å². The number of aliphatic hydroxyl groups excluding tert-OH is 1. The van der Waals surface area contributed by atoms with Gasteiger partial charge in [0.05, 0.1) is 11.7 Å². The number of carbonyl (C=O) groups excluding carboxylic acids is 3. The van der Waals surface area contributed by atoms with Crippen molar-refractivity contribution in [3.05, 3.63) is 78.0 Å². The summed E-state index contributed by atoms with van der Waals surface area (Å²) in [4.78, 5) is 55.8. The molecule has 0 bridgehead atoms. The zero-order valence-corrected chi connectivity index (χ0v) is 23.6. The van der Waals surface area contributed by atoms with Crippen LogP contribution in [0.5, 0.6) is 0 Å². The summed E-state index contributed by atoms with van der Waals surface area (Å²) in [6.07, 6.45) is 4.61. The van der Waals surface area contributed by atoms with Crippen LogP contribution in [0, 0.1) is 11.8 Å². The van der Waals surface area contributed by atoms with Gasteiger partial charge in [-0.3, -0.25) is 19.3 Å². The summed E-state index contributed by atoms with van der Waals surface area (Å²) >= 11 is 0. The normalized spacial score (nSPS) is 19.5. The Balaban J connectivity index is 1.64. The van der Waals surface area contributed by atoms with E-state index >= 15 is 0 Å². The number of carboxylic acid groups (broad SMARTS) is 1. The molecule has 1 fully saturated rings. The van der Waals surface area contributed by atoms with Gasteiger partial charge in [-0.25, -0.2) is 4.79 Å². The van der Waals surface area contributed by atoms with E-state index in [1.165, 1.54) is 4.90 Å². The molecule has 218 valence electrons. The molecule has 1 saturated carbocycles. The quantitative estimate of drug-likeness (QED) is 0.408. The number of carbonyl (C=O) groups is 4. The number of nitrogens with one attached hydrogen (secondary N) is 1. The number of rotatable bonds is 10. The van der Waals surface area contributed by atoms with Crippen molar-refractivity contribution in [3.63, 3.8) is 0 Å². The SMILES string of the molecule is CC(C)C1C(=O)N(CC(=O)N[C@@H](Cc2ccccc2)C(O)C(=O)O)C(c2ccccc2)=CN1C(=O)C1CCCCC1. The molecule has 0 aromatic heterocycles. The highest BCUT2D eigenvalue weighted by atomic mass is 16.4. The lowest BCUT2D eigenvalue weighted by Gasteiger charge is -2.42. The summed E-state index contributed by atoms with van der Waals surface area (Å²) in [6.45, 7) is 3.36. The smallest absolute Gasteiger partial charge is 0.334 e. The lowest BCUT2D eigenvalue weighted by molar-refractivity contribution is -0.149. The van der Waals surface area contributed by atoms with Crippen LogP contribution < -0.4 is 5.32 Å². The first-order valence-corrected chi connectivity index (χ1v) is 14.3. The Bertz CT molecular complexity index is 1260. The zero-order valence-electron chi connectivity index (χ0n) is 23.6. The molecule has 0 saturated heterocycles. The lowest BCUT2D eigenvalue weighted by atomic mass is 9.87. The third kappa shape index (κ3) is 7.21. The largest absolute Gasteiger partial charge is 0.479 e. The summed E-state index contributed by atoms with van der Waals surface area (Å²) < 4.78 is 0. The van der Waals surface area contributed by atoms with Crippen LogP contribution in [0.15, 0.2) is 66.9 Å². The summed E-state index contributed by atoms with van der Waals surface area (Å²) in [7, 11) is 0. The predicted octanol–water partition coefficient (Wildman–Crippen LogP) is 3.43. The van der Waals surface area contributed by atoms with E-state index in [2.05, 4.69) is 5.32 Å². The van der Waals surface area contributed by atoms with Gasteiger partial charge in [-0.1, -0.05) is 93.8 Å². The second kappa shape index (κ2) is 13.6. The molecule has 41 heavy (non-hydrogen) atoms. The molecule has 3 N–H and O–H groups in total. The minimum absolute atomic E-state index is 0.0678. The van der Waals surface area contributed by atoms with Gasteiger partial charge in [0.1, 0.15) is 12.6 Å². The molecule has 2 aliphatic rings. The van der Waals surface area contributed by atoms with Gasteiger partial charge in [0.15, 0.2) is 6.10 Å². The van der Waals surface area contributed by atoms with Crippen LogP contribution in [0.2, 0.25) is 0 Å². The number of hydrogen-bond acceptors (Lipinski definition) is 5. The molecule has 9 nitrogen and oxygen atoms in total. The number of benzene rings is 2. The number of nitrogens with zero attached hydrogens (tertiary/aromatic N) is 2. The van der Waals surface area contributed by atoms with Gasteiger partial charge in [0, 0.05) is 12.1 Å². The van der Waals surface area contributed by atoms with E-state index in [1.807, 2.05) is 50.2 Å². The van der Waals surface area contributed by atoms with Gasteiger partial charge in [-0.2, -0.15) is 0 Å². The number of aliphatic hydroxyl groups is 1. The first-order chi connectivity index (χ1) is 19.7. The average molecular weight is 562 g/mol. The van der Waals surface area contributed by atoms with Crippen molar-refractivity contribution in [3.8, 4) is 0 Å². The Morgan fingerprint density at radius 3 is 2.15 bits per heavy atom. The van der Waals surface area contributed by atoms with E-state index in [0.29, 0.717) is 11.3 Å². The number of aliphatic carboxylic acids is 1. The van der Waals surface area contributed by atoms with E-state index in [-0.39, 0.29) is 30.1 Å². The molecule has 0 spiro atoms. The topological polar surface area (TPSA) is 127 Å². The minimum atomic E-state index is -1.84. The fraction of sp³-hybridized carbons (Fsp3) is 0.438. The van der Waals surface area contributed by atoms with Gasteiger partial charge >= 0.3 is 5.97 Å². The fourth-order valence-corrected chi connectivity index (χ4v) is 5.73. The van der Waals surface area contributed by atoms with Crippen molar-refractivity contribution in [1.29, 1.82) is 0 Å². The third-order valence-corrected chi connectivity index (χ3v) is 7.86. The van der Waals surface area contributed by atoms with Crippen LogP contribution in [0.25, 0.3) is 5.70 Å². The van der Waals surface area contributed by atoms with Crippen LogP contribution >= 0.6 is 0 Å². The maximum Gasteiger partial charge on any atom is 0.334 e. The minimum Gasteiger partial charge on any atom is -0.479 e. The zero-order chi connectivity index (χ0) is 29.5. The number of carboxylic acids is 1. The predicted molar refractivity (Wildman–Crippen MR) is 154 cm³/mol. The van der Waals surface area contributed by atoms with Gasteiger partial charge < -0.3 is 20.4 Å². The van der Waals surface area contributed by atoms with Crippen LogP contribution in [0.4, 0.5) is 0 Å². The molecule has 2 unspecified atom stereocenters. The van der Waals surface area contributed by atoms with Crippen molar-refractivity contribution in [1.82, 2.24) is 15.1 Å². The molecule has 2 aromatic rings. The maximum absolute atomic E-state index is 14.1. The highest BCUT2D eigenvalue weighted by molar-refractivity contribution is 6.00. The second-order valence-corrected chi connectivity index (χ2v) is 11.2. The molecule has 1 heterocycles. The summed E-state index contributed by atoms with van der Waals surface area (Å²) in [6, 6.07) is 16.2. The first-order valence-electron chi connectivity index (χ1n) is 14.3. The standard InChI is InChI=1S/C32H39N3O6/c1-21(2)28-31(39)34(20-27(36)33-25(29(37)32(40)41)18-22-12-6-3-7-13-22)26(23-14-8-4-9-15-23)19-35(28)30(38)24-16-10-5-11-17-24/h3-4,6-9,12-15,19,21,24-25,28-29,37H,5,10-11,16-18,20H2,1-2H3,(H,33,36)(H,40,41)/t25-,28?,29?/m0/s1. The van der Waals surface area contributed by atoms with Crippen LogP contribution in [-0.2, 0) is 25.6 Å². The van der Waals surface area contributed by atoms with Gasteiger partial charge in [-0.15, -0.1) is 0 Å². The highest BCUT2D eigenvalue weighted by Gasteiger charge is 2.43. The van der Waals surface area contributed by atoms with E-state index in [0.717, 1.165) is 37.7 Å². The monoisotopic (exact) mass is 561 g/mol. The molecule has 1 aliphatic carbocycles. The number of hydrogen-bond donors (Lipinski definition) is 3. The average Bonchev–Trinajstić information content (AvgIpc) is 2.98. The maximum atomic E-state index is 14.1. The van der Waals surface area contributed by atoms with Crippen molar-refractivity contribution < 1.29 is 29.4 Å². The van der Waals surface area contributed by atoms with E-state index < -0.39 is 36.6 Å². The van der Waals surface area contributed by atoms with Crippen LogP contribution in [-0.4, -0.2) is 68.4 Å². The second-order valence-electron chi connectivity index (χ2n) is 11.2. The first kappa shape index (κ1) is 30.0. The molecule has 4 rings (SSSR count). The lowest BCUT2D eigenvalue weighted by Crippen LogP contribution is -2.58. The molecule has 1 aliphatic heterocycles. The highest BCUT2D eigenvalue weighted by Crippen LogP contribution is 2.33. The van der Waals surface area contributed by atoms with Crippen LogP contribution in [0.3, 0.4) is 0 Å². The molecule has 3 atom stereocenters. The molecule has 2 aromatic carbocycles. The van der Waals surface area contributed by atoms with Crippen molar-refractivity contribution in [2.45, 2.75) is 70.6 Å². The molecule has 9 heteroatoms. The Kier molecular flexibility index (Phi) is 9.94. The summed E-state index contributed by atoms with van der Waals surface area (Å²) in [5, 5.41) is 22.5.